The standard InChI is InChI=1S/C12H16BrNO2/c1-2-12(8-14,7-11(15)16)9-4-3-5-10(13)6-9/h3-6H,2,7-8,14H2,1H3,(H,15,16). The fraction of sp³-hybridized carbons (Fsp3) is 0.417. The van der Waals surface area contributed by atoms with Crippen LogP contribution in [0.25, 0.3) is 0 Å². The maximum atomic E-state index is 10.9. The van der Waals surface area contributed by atoms with Crippen molar-refractivity contribution < 1.29 is 9.90 Å². The third-order valence-electron chi connectivity index (χ3n) is 2.99. The zero-order valence-electron chi connectivity index (χ0n) is 9.24. The smallest absolute Gasteiger partial charge is 0.304 e. The monoisotopic (exact) mass is 285 g/mol. The van der Waals surface area contributed by atoms with Crippen molar-refractivity contribution in [1.82, 2.24) is 0 Å². The molecule has 0 amide bonds. The zero-order valence-corrected chi connectivity index (χ0v) is 10.8. The van der Waals surface area contributed by atoms with Crippen molar-refractivity contribution in [3.63, 3.8) is 0 Å². The summed E-state index contributed by atoms with van der Waals surface area (Å²) < 4.78 is 0.946. The number of hydrogen-bond acceptors (Lipinski definition) is 2. The summed E-state index contributed by atoms with van der Waals surface area (Å²) in [7, 11) is 0. The lowest BCUT2D eigenvalue weighted by atomic mass is 9.75. The fourth-order valence-electron chi connectivity index (χ4n) is 1.87. The summed E-state index contributed by atoms with van der Waals surface area (Å²) in [6.07, 6.45) is 0.780. The quantitative estimate of drug-likeness (QED) is 0.874. The topological polar surface area (TPSA) is 63.3 Å². The molecule has 0 saturated heterocycles. The first-order chi connectivity index (χ1) is 7.54. The van der Waals surface area contributed by atoms with E-state index in [1.54, 1.807) is 0 Å². The number of carboxylic acids is 1. The predicted molar refractivity (Wildman–Crippen MR) is 67.4 cm³/mol. The first kappa shape index (κ1) is 13.2. The fourth-order valence-corrected chi connectivity index (χ4v) is 2.27. The summed E-state index contributed by atoms with van der Waals surface area (Å²) in [6.45, 7) is 2.31. The van der Waals surface area contributed by atoms with Crippen LogP contribution in [0.1, 0.15) is 25.3 Å². The minimum atomic E-state index is -0.813. The second kappa shape index (κ2) is 5.46. The number of halogens is 1. The van der Waals surface area contributed by atoms with Crippen LogP contribution in [0.15, 0.2) is 28.7 Å². The van der Waals surface area contributed by atoms with Crippen LogP contribution in [0.2, 0.25) is 0 Å². The van der Waals surface area contributed by atoms with Gasteiger partial charge in [0.05, 0.1) is 6.42 Å². The van der Waals surface area contributed by atoms with Gasteiger partial charge >= 0.3 is 5.97 Å². The largest absolute Gasteiger partial charge is 0.481 e. The summed E-state index contributed by atoms with van der Waals surface area (Å²) in [4.78, 5) is 10.9. The van der Waals surface area contributed by atoms with E-state index in [0.29, 0.717) is 13.0 Å². The molecule has 0 aromatic heterocycles. The second-order valence-corrected chi connectivity index (χ2v) is 4.83. The number of rotatable bonds is 5. The van der Waals surface area contributed by atoms with Gasteiger partial charge in [-0.2, -0.15) is 0 Å². The van der Waals surface area contributed by atoms with E-state index in [2.05, 4.69) is 15.9 Å². The van der Waals surface area contributed by atoms with E-state index in [4.69, 9.17) is 10.8 Å². The SMILES string of the molecule is CCC(CN)(CC(=O)O)c1cccc(Br)c1. The molecule has 0 aliphatic heterocycles. The van der Waals surface area contributed by atoms with Crippen molar-refractivity contribution in [1.29, 1.82) is 0 Å². The molecular weight excluding hydrogens is 270 g/mol. The molecule has 0 bridgehead atoms. The molecule has 0 fully saturated rings. The van der Waals surface area contributed by atoms with Crippen LogP contribution in [0.3, 0.4) is 0 Å². The first-order valence-corrected chi connectivity index (χ1v) is 6.01. The lowest BCUT2D eigenvalue weighted by molar-refractivity contribution is -0.138. The van der Waals surface area contributed by atoms with Crippen LogP contribution in [0.4, 0.5) is 0 Å². The van der Waals surface area contributed by atoms with Gasteiger partial charge in [0, 0.05) is 16.4 Å². The summed E-state index contributed by atoms with van der Waals surface area (Å²) in [5.41, 5.74) is 6.29. The van der Waals surface area contributed by atoms with Gasteiger partial charge < -0.3 is 10.8 Å². The highest BCUT2D eigenvalue weighted by molar-refractivity contribution is 9.10. The lowest BCUT2D eigenvalue weighted by Crippen LogP contribution is -2.36. The average Bonchev–Trinajstić information content (AvgIpc) is 2.25. The molecule has 0 heterocycles. The summed E-state index contributed by atoms with van der Waals surface area (Å²) >= 11 is 3.39. The molecule has 0 aliphatic carbocycles. The van der Waals surface area contributed by atoms with Gasteiger partial charge in [-0.3, -0.25) is 4.79 Å². The maximum absolute atomic E-state index is 10.9. The van der Waals surface area contributed by atoms with E-state index >= 15 is 0 Å². The molecular formula is C12H16BrNO2. The highest BCUT2D eigenvalue weighted by atomic mass is 79.9. The van der Waals surface area contributed by atoms with Crippen LogP contribution in [-0.4, -0.2) is 17.6 Å². The molecule has 1 unspecified atom stereocenters. The number of carbonyl (C=O) groups is 1. The Morgan fingerprint density at radius 3 is 2.69 bits per heavy atom. The molecule has 0 spiro atoms. The van der Waals surface area contributed by atoms with Crippen molar-refractivity contribution in [3.8, 4) is 0 Å². The summed E-state index contributed by atoms with van der Waals surface area (Å²) in [5, 5.41) is 8.97. The van der Waals surface area contributed by atoms with Crippen molar-refractivity contribution in [2.75, 3.05) is 6.54 Å². The van der Waals surface area contributed by atoms with Gasteiger partial charge in [0.1, 0.15) is 0 Å². The van der Waals surface area contributed by atoms with Crippen LogP contribution in [0.5, 0.6) is 0 Å². The predicted octanol–water partition coefficient (Wildman–Crippen LogP) is 2.53. The van der Waals surface area contributed by atoms with Gasteiger partial charge in [-0.15, -0.1) is 0 Å². The number of carboxylic acid groups (broad SMARTS) is 1. The Balaban J connectivity index is 3.14. The number of benzene rings is 1. The Bertz CT molecular complexity index is 375. The van der Waals surface area contributed by atoms with E-state index in [9.17, 15) is 4.79 Å². The third kappa shape index (κ3) is 2.83. The molecule has 1 aromatic carbocycles. The Kier molecular flexibility index (Phi) is 4.50. The summed E-state index contributed by atoms with van der Waals surface area (Å²) in [5.74, 6) is -0.813. The Morgan fingerprint density at radius 1 is 1.56 bits per heavy atom. The Hall–Kier alpha value is -0.870. The molecule has 0 saturated carbocycles. The van der Waals surface area contributed by atoms with E-state index in [1.165, 1.54) is 0 Å². The van der Waals surface area contributed by atoms with Gasteiger partial charge in [0.2, 0.25) is 0 Å². The molecule has 1 aromatic rings. The van der Waals surface area contributed by atoms with Crippen molar-refractivity contribution in [3.05, 3.63) is 34.3 Å². The number of aliphatic carboxylic acids is 1. The molecule has 1 atom stereocenters. The Morgan fingerprint density at radius 2 is 2.25 bits per heavy atom. The molecule has 0 aliphatic rings. The lowest BCUT2D eigenvalue weighted by Gasteiger charge is -2.30. The van der Waals surface area contributed by atoms with Gasteiger partial charge in [-0.05, 0) is 24.1 Å². The molecule has 1 rings (SSSR count). The van der Waals surface area contributed by atoms with Crippen molar-refractivity contribution in [2.24, 2.45) is 5.73 Å². The summed E-state index contributed by atoms with van der Waals surface area (Å²) in [6, 6.07) is 7.70. The Labute approximate surface area is 104 Å². The molecule has 88 valence electrons. The highest BCUT2D eigenvalue weighted by Gasteiger charge is 2.31. The number of nitrogens with two attached hydrogens (primary N) is 1. The van der Waals surface area contributed by atoms with E-state index in [-0.39, 0.29) is 6.42 Å². The van der Waals surface area contributed by atoms with Gasteiger partial charge in [0.25, 0.3) is 0 Å². The normalized spacial score (nSPS) is 14.4. The van der Waals surface area contributed by atoms with Gasteiger partial charge in [-0.1, -0.05) is 35.0 Å². The number of hydrogen-bond donors (Lipinski definition) is 2. The van der Waals surface area contributed by atoms with Crippen LogP contribution < -0.4 is 5.73 Å². The van der Waals surface area contributed by atoms with Gasteiger partial charge in [0.15, 0.2) is 0 Å². The van der Waals surface area contributed by atoms with Crippen molar-refractivity contribution >= 4 is 21.9 Å². The highest BCUT2D eigenvalue weighted by Crippen LogP contribution is 2.32. The molecule has 16 heavy (non-hydrogen) atoms. The van der Waals surface area contributed by atoms with E-state index < -0.39 is 11.4 Å². The molecule has 0 radical (unpaired) electrons. The van der Waals surface area contributed by atoms with E-state index in [0.717, 1.165) is 10.0 Å². The first-order valence-electron chi connectivity index (χ1n) is 5.22. The van der Waals surface area contributed by atoms with Gasteiger partial charge in [-0.25, -0.2) is 0 Å². The molecule has 3 N–H and O–H groups in total. The van der Waals surface area contributed by atoms with Crippen LogP contribution in [0, 0.1) is 0 Å². The maximum Gasteiger partial charge on any atom is 0.304 e. The minimum absolute atomic E-state index is 0.0659. The molecule has 4 heteroatoms. The average molecular weight is 286 g/mol. The third-order valence-corrected chi connectivity index (χ3v) is 3.49. The minimum Gasteiger partial charge on any atom is -0.481 e. The van der Waals surface area contributed by atoms with Crippen LogP contribution in [-0.2, 0) is 10.2 Å². The van der Waals surface area contributed by atoms with Crippen LogP contribution >= 0.6 is 15.9 Å². The second-order valence-electron chi connectivity index (χ2n) is 3.92. The molecule has 3 nitrogen and oxygen atoms in total. The van der Waals surface area contributed by atoms with E-state index in [1.807, 2.05) is 31.2 Å². The van der Waals surface area contributed by atoms with Crippen molar-refractivity contribution in [2.45, 2.75) is 25.2 Å². The zero-order chi connectivity index (χ0) is 12.2.